The van der Waals surface area contributed by atoms with Gasteiger partial charge in [0, 0.05) is 40.2 Å². The summed E-state index contributed by atoms with van der Waals surface area (Å²) in [7, 11) is -0.417. The van der Waals surface area contributed by atoms with Crippen LogP contribution in [0.2, 0.25) is 0 Å². The fraction of sp³-hybridized carbons (Fsp3) is 0.778. The molecule has 0 aromatic carbocycles. The molecular weight excluding hydrogens is 220 g/mol. The van der Waals surface area contributed by atoms with Gasteiger partial charge in [-0.05, 0) is 12.8 Å². The Hall–Kier alpha value is -0.000000000000000111. The molecule has 5 heteroatoms. The summed E-state index contributed by atoms with van der Waals surface area (Å²) in [6.45, 7) is 0. The quantitative estimate of drug-likeness (QED) is 0.623. The maximum atomic E-state index is 11.9. The van der Waals surface area contributed by atoms with Crippen LogP contribution in [-0.4, -0.2) is 37.2 Å². The van der Waals surface area contributed by atoms with E-state index in [1.54, 1.807) is 7.11 Å². The second-order valence-electron chi connectivity index (χ2n) is 3.53. The van der Waals surface area contributed by atoms with Crippen LogP contribution in [0.1, 0.15) is 12.8 Å². The van der Waals surface area contributed by atoms with Crippen LogP contribution in [0.3, 0.4) is 0 Å². The number of hydrogen-bond donors (Lipinski definition) is 0. The van der Waals surface area contributed by atoms with E-state index in [0.717, 1.165) is 12.8 Å². The van der Waals surface area contributed by atoms with Gasteiger partial charge in [-0.1, -0.05) is 12.2 Å². The number of allylic oxidation sites excluding steroid dienone is 1. The predicted molar refractivity (Wildman–Crippen MR) is 57.9 cm³/mol. The first-order chi connectivity index (χ1) is 6.71. The van der Waals surface area contributed by atoms with Crippen molar-refractivity contribution < 1.29 is 13.2 Å². The van der Waals surface area contributed by atoms with Gasteiger partial charge < -0.3 is 4.74 Å². The van der Waals surface area contributed by atoms with E-state index >= 15 is 0 Å². The number of hydrogen-bond acceptors (Lipinski definition) is 3. The van der Waals surface area contributed by atoms with Gasteiger partial charge in [0.1, 0.15) is 6.10 Å². The molecule has 0 amide bonds. The Morgan fingerprint density at radius 1 is 1.36 bits per heavy atom. The van der Waals surface area contributed by atoms with Crippen molar-refractivity contribution >= 4 is 21.6 Å². The average Bonchev–Trinajstić information content (AvgIpc) is 2.48. The highest BCUT2D eigenvalue weighted by molar-refractivity contribution is 8.07. The van der Waals surface area contributed by atoms with Gasteiger partial charge >= 0.3 is 0 Å². The Kier molecular flexibility index (Phi) is 2.91. The molecule has 0 aromatic heterocycles. The zero-order valence-corrected chi connectivity index (χ0v) is 9.73. The smallest absolute Gasteiger partial charge is 0.150 e. The first kappa shape index (κ1) is 10.5. The van der Waals surface area contributed by atoms with E-state index in [4.69, 9.17) is 4.74 Å². The summed E-state index contributed by atoms with van der Waals surface area (Å²) < 4.78 is 28.6. The van der Waals surface area contributed by atoms with E-state index in [9.17, 15) is 8.42 Å². The standard InChI is InChI=1S/C9H14O3S2/c1-12-8-4-2-3-5-9(8)13(10)6-7-14(9)11/h2,4,8H,3,5-7H2,1H3/t8-,9?,13?,14?/m0/s1. The summed E-state index contributed by atoms with van der Waals surface area (Å²) in [5.41, 5.74) is 0. The SMILES string of the molecule is CO[C@H]1C=CCCC12S(=O)CCS2=O. The number of ether oxygens (including phenoxy) is 1. The van der Waals surface area contributed by atoms with Crippen LogP contribution in [0, 0.1) is 0 Å². The molecule has 0 aromatic rings. The van der Waals surface area contributed by atoms with Gasteiger partial charge in [0.05, 0.1) is 0 Å². The molecule has 1 fully saturated rings. The molecule has 1 aliphatic heterocycles. The molecule has 14 heavy (non-hydrogen) atoms. The van der Waals surface area contributed by atoms with Gasteiger partial charge in [0.15, 0.2) is 4.08 Å². The molecule has 0 N–H and O–H groups in total. The van der Waals surface area contributed by atoms with Crippen molar-refractivity contribution in [2.75, 3.05) is 18.6 Å². The van der Waals surface area contributed by atoms with Crippen molar-refractivity contribution in [3.05, 3.63) is 12.2 Å². The van der Waals surface area contributed by atoms with Crippen molar-refractivity contribution in [1.82, 2.24) is 0 Å². The summed E-state index contributed by atoms with van der Waals surface area (Å²) in [6.07, 6.45) is 5.27. The van der Waals surface area contributed by atoms with Gasteiger partial charge in [0.2, 0.25) is 0 Å². The number of methoxy groups -OCH3 is 1. The monoisotopic (exact) mass is 234 g/mol. The number of rotatable bonds is 1. The van der Waals surface area contributed by atoms with Crippen molar-refractivity contribution in [3.63, 3.8) is 0 Å². The highest BCUT2D eigenvalue weighted by atomic mass is 32.3. The summed E-state index contributed by atoms with van der Waals surface area (Å²) in [6, 6.07) is 0. The maximum Gasteiger partial charge on any atom is 0.150 e. The Labute approximate surface area is 88.8 Å². The third-order valence-electron chi connectivity index (χ3n) is 2.88. The van der Waals surface area contributed by atoms with Gasteiger partial charge in [-0.25, -0.2) is 0 Å². The highest BCUT2D eigenvalue weighted by Crippen LogP contribution is 2.39. The van der Waals surface area contributed by atoms with Gasteiger partial charge in [-0.2, -0.15) is 0 Å². The zero-order chi connectivity index (χ0) is 10.2. The van der Waals surface area contributed by atoms with Crippen LogP contribution in [0.25, 0.3) is 0 Å². The Morgan fingerprint density at radius 2 is 2.00 bits per heavy atom. The lowest BCUT2D eigenvalue weighted by molar-refractivity contribution is 0.122. The van der Waals surface area contributed by atoms with Gasteiger partial charge in [-0.15, -0.1) is 0 Å². The molecule has 80 valence electrons. The van der Waals surface area contributed by atoms with Crippen molar-refractivity contribution in [2.24, 2.45) is 0 Å². The third-order valence-corrected chi connectivity index (χ3v) is 7.82. The molecule has 2 unspecified atom stereocenters. The fourth-order valence-electron chi connectivity index (χ4n) is 2.14. The molecule has 0 bridgehead atoms. The van der Waals surface area contributed by atoms with Crippen molar-refractivity contribution in [3.8, 4) is 0 Å². The van der Waals surface area contributed by atoms with Crippen LogP contribution in [0.4, 0.5) is 0 Å². The lowest BCUT2D eigenvalue weighted by Gasteiger charge is -2.34. The Balaban J connectivity index is 2.41. The average molecular weight is 234 g/mol. The van der Waals surface area contributed by atoms with Crippen LogP contribution in [0.5, 0.6) is 0 Å². The van der Waals surface area contributed by atoms with Crippen LogP contribution >= 0.6 is 0 Å². The van der Waals surface area contributed by atoms with Gasteiger partial charge in [-0.3, -0.25) is 8.42 Å². The summed E-state index contributed by atoms with van der Waals surface area (Å²) >= 11 is 0. The van der Waals surface area contributed by atoms with Crippen LogP contribution < -0.4 is 0 Å². The molecular formula is C9H14O3S2. The molecule has 3 nitrogen and oxygen atoms in total. The van der Waals surface area contributed by atoms with E-state index < -0.39 is 25.7 Å². The van der Waals surface area contributed by atoms with E-state index in [2.05, 4.69) is 0 Å². The van der Waals surface area contributed by atoms with E-state index in [0.29, 0.717) is 11.5 Å². The molecule has 1 aliphatic carbocycles. The van der Waals surface area contributed by atoms with Gasteiger partial charge in [0.25, 0.3) is 0 Å². The van der Waals surface area contributed by atoms with Crippen molar-refractivity contribution in [2.45, 2.75) is 23.0 Å². The fourth-order valence-corrected chi connectivity index (χ4v) is 6.93. The first-order valence-electron chi connectivity index (χ1n) is 4.68. The summed E-state index contributed by atoms with van der Waals surface area (Å²) in [5, 5.41) is 0. The first-order valence-corrected chi connectivity index (χ1v) is 7.32. The minimum atomic E-state index is -1.00. The topological polar surface area (TPSA) is 43.4 Å². The molecule has 1 spiro atoms. The largest absolute Gasteiger partial charge is 0.375 e. The lowest BCUT2D eigenvalue weighted by atomic mass is 10.0. The molecule has 1 saturated heterocycles. The predicted octanol–water partition coefficient (Wildman–Crippen LogP) is 0.559. The van der Waals surface area contributed by atoms with Crippen molar-refractivity contribution in [1.29, 1.82) is 0 Å². The van der Waals surface area contributed by atoms with Crippen LogP contribution in [-0.2, 0) is 26.3 Å². The second-order valence-corrected chi connectivity index (χ2v) is 7.45. The minimum absolute atomic E-state index is 0.236. The Morgan fingerprint density at radius 3 is 2.57 bits per heavy atom. The Bertz CT molecular complexity index is 295. The molecule has 3 atom stereocenters. The third kappa shape index (κ3) is 1.33. The maximum absolute atomic E-state index is 11.9. The van der Waals surface area contributed by atoms with E-state index in [1.807, 2.05) is 12.2 Å². The van der Waals surface area contributed by atoms with Crippen LogP contribution in [0.15, 0.2) is 12.2 Å². The molecule has 2 rings (SSSR count). The molecule has 1 heterocycles. The normalized spacial score (nSPS) is 47.4. The molecule has 2 aliphatic rings. The summed E-state index contributed by atoms with van der Waals surface area (Å²) in [4.78, 5) is 0. The summed E-state index contributed by atoms with van der Waals surface area (Å²) in [5.74, 6) is 1.11. The van der Waals surface area contributed by atoms with E-state index in [1.165, 1.54) is 0 Å². The molecule has 0 saturated carbocycles. The highest BCUT2D eigenvalue weighted by Gasteiger charge is 2.53. The van der Waals surface area contributed by atoms with E-state index in [-0.39, 0.29) is 6.10 Å². The molecule has 0 radical (unpaired) electrons. The zero-order valence-electron chi connectivity index (χ0n) is 8.10. The minimum Gasteiger partial charge on any atom is -0.375 e. The second kappa shape index (κ2) is 3.87. The lowest BCUT2D eigenvalue weighted by Crippen LogP contribution is -2.48.